The fourth-order valence-electron chi connectivity index (χ4n) is 3.31. The van der Waals surface area contributed by atoms with Gasteiger partial charge in [-0.05, 0) is 41.5 Å². The quantitative estimate of drug-likeness (QED) is 0.552. The Hall–Kier alpha value is -3.66. The fraction of sp³-hybridized carbons (Fsp3) is 0.0833. The Morgan fingerprint density at radius 3 is 2.36 bits per heavy atom. The second-order valence-electron chi connectivity index (χ2n) is 6.47. The van der Waals surface area contributed by atoms with E-state index in [9.17, 15) is 4.79 Å². The number of methoxy groups -OCH3 is 1. The van der Waals surface area contributed by atoms with Crippen molar-refractivity contribution in [3.05, 3.63) is 108 Å². The molecule has 0 radical (unpaired) electrons. The van der Waals surface area contributed by atoms with Gasteiger partial charge in [-0.15, -0.1) is 0 Å². The SMILES string of the molecule is COc1ccc(C(NC(=O)c2cccc3ncccc23)c2ccccc2)cc1. The lowest BCUT2D eigenvalue weighted by Gasteiger charge is -2.20. The first-order valence-electron chi connectivity index (χ1n) is 9.10. The molecule has 1 heterocycles. The molecule has 0 saturated heterocycles. The molecule has 1 N–H and O–H groups in total. The zero-order valence-electron chi connectivity index (χ0n) is 15.5. The molecule has 4 heteroatoms. The molecule has 0 aliphatic heterocycles. The molecule has 1 atom stereocenters. The molecule has 0 fully saturated rings. The molecular weight excluding hydrogens is 348 g/mol. The Bertz CT molecular complexity index is 1090. The van der Waals surface area contributed by atoms with Crippen molar-refractivity contribution in [1.29, 1.82) is 0 Å². The van der Waals surface area contributed by atoms with Crippen LogP contribution in [0.5, 0.6) is 5.75 Å². The van der Waals surface area contributed by atoms with Crippen LogP contribution >= 0.6 is 0 Å². The van der Waals surface area contributed by atoms with Crippen molar-refractivity contribution in [2.75, 3.05) is 7.11 Å². The summed E-state index contributed by atoms with van der Waals surface area (Å²) in [6.07, 6.45) is 1.73. The van der Waals surface area contributed by atoms with Gasteiger partial charge >= 0.3 is 0 Å². The lowest BCUT2D eigenvalue weighted by atomic mass is 9.97. The molecule has 138 valence electrons. The highest BCUT2D eigenvalue weighted by atomic mass is 16.5. The Balaban J connectivity index is 1.71. The van der Waals surface area contributed by atoms with Crippen LogP contribution in [0.15, 0.2) is 91.1 Å². The number of benzene rings is 3. The summed E-state index contributed by atoms with van der Waals surface area (Å²) >= 11 is 0. The third kappa shape index (κ3) is 3.58. The highest BCUT2D eigenvalue weighted by Gasteiger charge is 2.19. The molecule has 4 aromatic rings. The number of amides is 1. The van der Waals surface area contributed by atoms with Crippen LogP contribution in [-0.2, 0) is 0 Å². The normalized spacial score (nSPS) is 11.8. The molecule has 3 aromatic carbocycles. The first kappa shape index (κ1) is 17.7. The smallest absolute Gasteiger partial charge is 0.252 e. The molecule has 0 spiro atoms. The Morgan fingerprint density at radius 2 is 1.61 bits per heavy atom. The van der Waals surface area contributed by atoms with Crippen LogP contribution in [0.4, 0.5) is 0 Å². The second-order valence-corrected chi connectivity index (χ2v) is 6.47. The number of fused-ring (bicyclic) bond motifs is 1. The van der Waals surface area contributed by atoms with Gasteiger partial charge < -0.3 is 10.1 Å². The van der Waals surface area contributed by atoms with Gasteiger partial charge in [-0.3, -0.25) is 9.78 Å². The number of rotatable bonds is 5. The van der Waals surface area contributed by atoms with E-state index in [0.717, 1.165) is 27.8 Å². The number of nitrogens with one attached hydrogen (secondary N) is 1. The summed E-state index contributed by atoms with van der Waals surface area (Å²) in [5.41, 5.74) is 3.41. The Kier molecular flexibility index (Phi) is 5.02. The van der Waals surface area contributed by atoms with E-state index in [4.69, 9.17) is 4.74 Å². The van der Waals surface area contributed by atoms with Crippen LogP contribution in [-0.4, -0.2) is 18.0 Å². The summed E-state index contributed by atoms with van der Waals surface area (Å²) in [4.78, 5) is 17.5. The van der Waals surface area contributed by atoms with Crippen LogP contribution in [0.1, 0.15) is 27.5 Å². The lowest BCUT2D eigenvalue weighted by molar-refractivity contribution is 0.0944. The van der Waals surface area contributed by atoms with Crippen molar-refractivity contribution >= 4 is 16.8 Å². The number of ether oxygens (including phenoxy) is 1. The average molecular weight is 368 g/mol. The molecule has 0 aliphatic rings. The highest BCUT2D eigenvalue weighted by Crippen LogP contribution is 2.25. The average Bonchev–Trinajstić information content (AvgIpc) is 2.77. The second kappa shape index (κ2) is 7.92. The maximum Gasteiger partial charge on any atom is 0.252 e. The predicted octanol–water partition coefficient (Wildman–Crippen LogP) is 4.76. The molecular formula is C24H20N2O2. The summed E-state index contributed by atoms with van der Waals surface area (Å²) < 4.78 is 5.26. The first-order chi connectivity index (χ1) is 13.8. The summed E-state index contributed by atoms with van der Waals surface area (Å²) in [6, 6.07) is 26.8. The summed E-state index contributed by atoms with van der Waals surface area (Å²) in [6.45, 7) is 0. The molecule has 1 aromatic heterocycles. The standard InChI is InChI=1S/C24H20N2O2/c1-28-19-14-12-18(13-15-19)23(17-7-3-2-4-8-17)26-24(27)21-9-5-11-22-20(21)10-6-16-25-22/h2-16,23H,1H3,(H,26,27). The van der Waals surface area contributed by atoms with E-state index in [1.54, 1.807) is 13.3 Å². The highest BCUT2D eigenvalue weighted by molar-refractivity contribution is 6.06. The van der Waals surface area contributed by atoms with E-state index in [2.05, 4.69) is 10.3 Å². The van der Waals surface area contributed by atoms with Crippen molar-refractivity contribution in [2.45, 2.75) is 6.04 Å². The number of nitrogens with zero attached hydrogens (tertiary/aromatic N) is 1. The number of aromatic nitrogens is 1. The fourth-order valence-corrected chi connectivity index (χ4v) is 3.31. The van der Waals surface area contributed by atoms with Gasteiger partial charge in [0.15, 0.2) is 0 Å². The molecule has 0 aliphatic carbocycles. The summed E-state index contributed by atoms with van der Waals surface area (Å²) in [7, 11) is 1.64. The number of hydrogen-bond donors (Lipinski definition) is 1. The monoisotopic (exact) mass is 368 g/mol. The van der Waals surface area contributed by atoms with Gasteiger partial charge in [-0.25, -0.2) is 0 Å². The molecule has 0 saturated carbocycles. The summed E-state index contributed by atoms with van der Waals surface area (Å²) in [5, 5.41) is 4.03. The molecule has 1 amide bonds. The molecule has 28 heavy (non-hydrogen) atoms. The van der Waals surface area contributed by atoms with E-state index in [1.165, 1.54) is 0 Å². The Labute approximate surface area is 163 Å². The van der Waals surface area contributed by atoms with Gasteiger partial charge in [0, 0.05) is 17.1 Å². The Morgan fingerprint density at radius 1 is 0.857 bits per heavy atom. The predicted molar refractivity (Wildman–Crippen MR) is 110 cm³/mol. The molecule has 4 rings (SSSR count). The zero-order valence-corrected chi connectivity index (χ0v) is 15.5. The van der Waals surface area contributed by atoms with E-state index in [0.29, 0.717) is 5.56 Å². The topological polar surface area (TPSA) is 51.2 Å². The third-order valence-electron chi connectivity index (χ3n) is 4.75. The maximum absolute atomic E-state index is 13.2. The number of carbonyl (C=O) groups is 1. The zero-order chi connectivity index (χ0) is 19.3. The summed E-state index contributed by atoms with van der Waals surface area (Å²) in [5.74, 6) is 0.644. The van der Waals surface area contributed by atoms with Crippen LogP contribution in [0.3, 0.4) is 0 Å². The molecule has 4 nitrogen and oxygen atoms in total. The van der Waals surface area contributed by atoms with Gasteiger partial charge in [-0.1, -0.05) is 54.6 Å². The molecule has 0 bridgehead atoms. The van der Waals surface area contributed by atoms with Crippen molar-refractivity contribution in [3.8, 4) is 5.75 Å². The van der Waals surface area contributed by atoms with Gasteiger partial charge in [0.05, 0.1) is 18.7 Å². The maximum atomic E-state index is 13.2. The van der Waals surface area contributed by atoms with E-state index >= 15 is 0 Å². The third-order valence-corrected chi connectivity index (χ3v) is 4.75. The van der Waals surface area contributed by atoms with Crippen LogP contribution < -0.4 is 10.1 Å². The van der Waals surface area contributed by atoms with Gasteiger partial charge in [0.25, 0.3) is 5.91 Å². The number of pyridine rings is 1. The van der Waals surface area contributed by atoms with Gasteiger partial charge in [0.2, 0.25) is 0 Å². The minimum Gasteiger partial charge on any atom is -0.497 e. The minimum absolute atomic E-state index is 0.136. The number of hydrogen-bond acceptors (Lipinski definition) is 3. The van der Waals surface area contributed by atoms with Gasteiger partial charge in [0.1, 0.15) is 5.75 Å². The van der Waals surface area contributed by atoms with Crippen LogP contribution in [0, 0.1) is 0 Å². The van der Waals surface area contributed by atoms with Crippen molar-refractivity contribution in [2.24, 2.45) is 0 Å². The lowest BCUT2D eigenvalue weighted by Crippen LogP contribution is -2.29. The van der Waals surface area contributed by atoms with E-state index in [-0.39, 0.29) is 11.9 Å². The number of carbonyl (C=O) groups excluding carboxylic acids is 1. The van der Waals surface area contributed by atoms with Crippen molar-refractivity contribution in [1.82, 2.24) is 10.3 Å². The van der Waals surface area contributed by atoms with Crippen LogP contribution in [0.25, 0.3) is 10.9 Å². The van der Waals surface area contributed by atoms with E-state index in [1.807, 2.05) is 84.9 Å². The molecule has 1 unspecified atom stereocenters. The van der Waals surface area contributed by atoms with E-state index < -0.39 is 0 Å². The van der Waals surface area contributed by atoms with Crippen molar-refractivity contribution < 1.29 is 9.53 Å². The minimum atomic E-state index is -0.272. The van der Waals surface area contributed by atoms with Crippen molar-refractivity contribution in [3.63, 3.8) is 0 Å². The first-order valence-corrected chi connectivity index (χ1v) is 9.10. The van der Waals surface area contributed by atoms with Gasteiger partial charge in [-0.2, -0.15) is 0 Å². The largest absolute Gasteiger partial charge is 0.497 e. The van der Waals surface area contributed by atoms with Crippen LogP contribution in [0.2, 0.25) is 0 Å².